The number of likely N-dealkylation sites (N-methyl/N-ethyl adjacent to an activating group) is 1. The van der Waals surface area contributed by atoms with Crippen LogP contribution < -0.4 is 5.32 Å². The molecule has 0 bridgehead atoms. The van der Waals surface area contributed by atoms with E-state index in [1.54, 1.807) is 17.0 Å². The summed E-state index contributed by atoms with van der Waals surface area (Å²) in [6.07, 6.45) is -0.986. The van der Waals surface area contributed by atoms with Crippen molar-refractivity contribution >= 4 is 17.8 Å². The van der Waals surface area contributed by atoms with Crippen LogP contribution in [0.25, 0.3) is 0 Å². The third kappa shape index (κ3) is 4.24. The number of carbonyl (C=O) groups is 2. The van der Waals surface area contributed by atoms with E-state index in [9.17, 15) is 9.59 Å². The van der Waals surface area contributed by atoms with Crippen LogP contribution in [-0.4, -0.2) is 40.1 Å². The molecule has 0 fully saturated rings. The average molecular weight is 265 g/mol. The van der Waals surface area contributed by atoms with Gasteiger partial charge < -0.3 is 10.0 Å². The van der Waals surface area contributed by atoms with E-state index in [0.29, 0.717) is 18.8 Å². The number of aromatic nitrogens is 1. The van der Waals surface area contributed by atoms with Gasteiger partial charge in [-0.3, -0.25) is 10.1 Å². The summed E-state index contributed by atoms with van der Waals surface area (Å²) in [5, 5.41) is 10.8. The number of rotatable bonds is 5. The molecule has 0 aliphatic rings. The van der Waals surface area contributed by atoms with Crippen LogP contribution >= 0.6 is 0 Å². The molecule has 0 spiro atoms. The van der Waals surface area contributed by atoms with Crippen LogP contribution in [0.15, 0.2) is 12.1 Å². The third-order valence-corrected chi connectivity index (χ3v) is 2.87. The lowest BCUT2D eigenvalue weighted by Gasteiger charge is -2.19. The number of carbonyl (C=O) groups excluding carboxylic acids is 1. The van der Waals surface area contributed by atoms with Crippen molar-refractivity contribution in [1.82, 2.24) is 9.88 Å². The minimum atomic E-state index is -1.17. The van der Waals surface area contributed by atoms with Gasteiger partial charge in [-0.05, 0) is 32.4 Å². The molecule has 0 unspecified atom stereocenters. The molecule has 1 aromatic rings. The van der Waals surface area contributed by atoms with Gasteiger partial charge in [0, 0.05) is 13.1 Å². The second-order valence-corrected chi connectivity index (χ2v) is 4.13. The predicted molar refractivity (Wildman–Crippen MR) is 72.3 cm³/mol. The van der Waals surface area contributed by atoms with Crippen molar-refractivity contribution in [3.63, 3.8) is 0 Å². The van der Waals surface area contributed by atoms with E-state index in [-0.39, 0.29) is 18.1 Å². The molecule has 6 heteroatoms. The average Bonchev–Trinajstić information content (AvgIpc) is 2.34. The maximum absolute atomic E-state index is 12.0. The number of hydrogen-bond acceptors (Lipinski definition) is 3. The van der Waals surface area contributed by atoms with Gasteiger partial charge in [0.1, 0.15) is 5.82 Å². The maximum Gasteiger partial charge on any atom is 0.410 e. The Morgan fingerprint density at radius 3 is 2.47 bits per heavy atom. The minimum absolute atomic E-state index is 0.00641. The van der Waals surface area contributed by atoms with E-state index in [1.165, 1.54) is 0 Å². The summed E-state index contributed by atoms with van der Waals surface area (Å²) < 4.78 is 0. The van der Waals surface area contributed by atoms with Crippen LogP contribution in [0.5, 0.6) is 0 Å². The zero-order valence-corrected chi connectivity index (χ0v) is 11.4. The SMILES string of the molecule is CCN(CC)C(=O)Cc1nc(NC(=O)O)ccc1C. The number of nitrogens with one attached hydrogen (secondary N) is 1. The molecule has 2 amide bonds. The molecule has 0 aliphatic carbocycles. The Labute approximate surface area is 112 Å². The molecule has 104 valence electrons. The fourth-order valence-corrected chi connectivity index (χ4v) is 1.76. The summed E-state index contributed by atoms with van der Waals surface area (Å²) in [7, 11) is 0. The molecular formula is C13H19N3O3. The van der Waals surface area contributed by atoms with E-state index < -0.39 is 6.09 Å². The van der Waals surface area contributed by atoms with Gasteiger partial charge in [0.25, 0.3) is 0 Å². The van der Waals surface area contributed by atoms with Crippen LogP contribution in [0.3, 0.4) is 0 Å². The maximum atomic E-state index is 12.0. The standard InChI is InChI=1S/C13H19N3O3/c1-4-16(5-2)12(17)8-10-9(3)6-7-11(14-10)15-13(18)19/h6-7H,4-5,8H2,1-3H3,(H,14,15)(H,18,19). The molecule has 0 aromatic carbocycles. The highest BCUT2D eigenvalue weighted by Crippen LogP contribution is 2.12. The highest BCUT2D eigenvalue weighted by molar-refractivity contribution is 5.82. The number of pyridine rings is 1. The summed E-state index contributed by atoms with van der Waals surface area (Å²) in [6.45, 7) is 7.00. The van der Waals surface area contributed by atoms with E-state index >= 15 is 0 Å². The normalized spacial score (nSPS) is 10.1. The Morgan fingerprint density at radius 2 is 1.95 bits per heavy atom. The van der Waals surface area contributed by atoms with E-state index in [4.69, 9.17) is 5.11 Å². The Morgan fingerprint density at radius 1 is 1.32 bits per heavy atom. The molecule has 0 radical (unpaired) electrons. The molecule has 1 rings (SSSR count). The van der Waals surface area contributed by atoms with E-state index in [0.717, 1.165) is 5.56 Å². The van der Waals surface area contributed by atoms with Crippen molar-refractivity contribution in [3.05, 3.63) is 23.4 Å². The fraction of sp³-hybridized carbons (Fsp3) is 0.462. The Bertz CT molecular complexity index is 470. The second-order valence-electron chi connectivity index (χ2n) is 4.13. The van der Waals surface area contributed by atoms with Gasteiger partial charge in [-0.15, -0.1) is 0 Å². The first-order valence-corrected chi connectivity index (χ1v) is 6.22. The smallest absolute Gasteiger partial charge is 0.410 e. The molecule has 6 nitrogen and oxygen atoms in total. The van der Waals surface area contributed by atoms with Crippen LogP contribution in [-0.2, 0) is 11.2 Å². The van der Waals surface area contributed by atoms with E-state index in [2.05, 4.69) is 10.3 Å². The number of nitrogens with zero attached hydrogens (tertiary/aromatic N) is 2. The second kappa shape index (κ2) is 6.72. The fourth-order valence-electron chi connectivity index (χ4n) is 1.76. The number of anilines is 1. The molecule has 2 N–H and O–H groups in total. The van der Waals surface area contributed by atoms with Gasteiger partial charge in [-0.25, -0.2) is 9.78 Å². The first kappa shape index (κ1) is 14.9. The number of aryl methyl sites for hydroxylation is 1. The Kier molecular flexibility index (Phi) is 5.29. The molecule has 1 aromatic heterocycles. The first-order chi connectivity index (χ1) is 8.97. The molecule has 19 heavy (non-hydrogen) atoms. The summed E-state index contributed by atoms with van der Waals surface area (Å²) in [4.78, 5) is 28.5. The third-order valence-electron chi connectivity index (χ3n) is 2.87. The molecule has 1 heterocycles. The summed E-state index contributed by atoms with van der Waals surface area (Å²) in [5.74, 6) is 0.230. The lowest BCUT2D eigenvalue weighted by atomic mass is 10.1. The molecular weight excluding hydrogens is 246 g/mol. The Hall–Kier alpha value is -2.11. The summed E-state index contributed by atoms with van der Waals surface area (Å²) >= 11 is 0. The number of amides is 2. The quantitative estimate of drug-likeness (QED) is 0.851. The van der Waals surface area contributed by atoms with Crippen molar-refractivity contribution in [2.45, 2.75) is 27.2 Å². The lowest BCUT2D eigenvalue weighted by Crippen LogP contribution is -2.32. The van der Waals surface area contributed by atoms with Crippen molar-refractivity contribution < 1.29 is 14.7 Å². The zero-order valence-electron chi connectivity index (χ0n) is 11.4. The topological polar surface area (TPSA) is 82.5 Å². The van der Waals surface area contributed by atoms with Crippen molar-refractivity contribution in [2.24, 2.45) is 0 Å². The number of carboxylic acid groups (broad SMARTS) is 1. The van der Waals surface area contributed by atoms with Gasteiger partial charge in [0.2, 0.25) is 5.91 Å². The highest BCUT2D eigenvalue weighted by atomic mass is 16.4. The van der Waals surface area contributed by atoms with Crippen LogP contribution in [0, 0.1) is 6.92 Å². The largest absolute Gasteiger partial charge is 0.465 e. The molecule has 0 saturated carbocycles. The monoisotopic (exact) mass is 265 g/mol. The van der Waals surface area contributed by atoms with Gasteiger partial charge in [-0.2, -0.15) is 0 Å². The lowest BCUT2D eigenvalue weighted by molar-refractivity contribution is -0.130. The summed E-state index contributed by atoms with van der Waals surface area (Å²) in [6, 6.07) is 3.33. The first-order valence-electron chi connectivity index (χ1n) is 6.22. The van der Waals surface area contributed by atoms with Crippen molar-refractivity contribution in [1.29, 1.82) is 0 Å². The molecule has 0 aliphatic heterocycles. The zero-order chi connectivity index (χ0) is 14.4. The van der Waals surface area contributed by atoms with E-state index in [1.807, 2.05) is 20.8 Å². The molecule has 0 atom stereocenters. The predicted octanol–water partition coefficient (Wildman–Crippen LogP) is 1.89. The highest BCUT2D eigenvalue weighted by Gasteiger charge is 2.13. The van der Waals surface area contributed by atoms with Gasteiger partial charge in [0.05, 0.1) is 12.1 Å². The summed E-state index contributed by atoms with van der Waals surface area (Å²) in [5.41, 5.74) is 1.47. The van der Waals surface area contributed by atoms with Gasteiger partial charge >= 0.3 is 6.09 Å². The molecule has 0 saturated heterocycles. The Balaban J connectivity index is 2.87. The van der Waals surface area contributed by atoms with Crippen LogP contribution in [0.1, 0.15) is 25.1 Å². The minimum Gasteiger partial charge on any atom is -0.465 e. The van der Waals surface area contributed by atoms with Crippen LogP contribution in [0.4, 0.5) is 10.6 Å². The van der Waals surface area contributed by atoms with Crippen LogP contribution in [0.2, 0.25) is 0 Å². The van der Waals surface area contributed by atoms with Gasteiger partial charge in [-0.1, -0.05) is 6.07 Å². The van der Waals surface area contributed by atoms with Crippen molar-refractivity contribution in [3.8, 4) is 0 Å². The van der Waals surface area contributed by atoms with Crippen molar-refractivity contribution in [2.75, 3.05) is 18.4 Å². The number of hydrogen-bond donors (Lipinski definition) is 2. The van der Waals surface area contributed by atoms with Gasteiger partial charge in [0.15, 0.2) is 0 Å².